The van der Waals surface area contributed by atoms with Gasteiger partial charge >= 0.3 is 5.91 Å². The van der Waals surface area contributed by atoms with E-state index in [1.165, 1.54) is 45.5 Å². The first-order chi connectivity index (χ1) is 20.9. The number of phenolic OH excluding ortho intramolecular Hbond substituents is 1. The number of fused-ring (bicyclic) bond motifs is 2. The Balaban J connectivity index is 1.72. The molecule has 0 saturated carbocycles. The van der Waals surface area contributed by atoms with Gasteiger partial charge in [0, 0.05) is 19.5 Å². The Labute approximate surface area is 255 Å². The number of hydrogen-bond donors (Lipinski definition) is 2. The smallest absolute Gasteiger partial charge is 0.312 e. The number of nitrogens with zero attached hydrogens (tertiary/aromatic N) is 2. The maximum atomic E-state index is 15.6. The van der Waals surface area contributed by atoms with Crippen molar-refractivity contribution in [3.05, 3.63) is 76.9 Å². The van der Waals surface area contributed by atoms with Crippen molar-refractivity contribution in [2.24, 2.45) is 0 Å². The number of quaternary nitrogens is 1. The van der Waals surface area contributed by atoms with Gasteiger partial charge in [-0.15, -0.1) is 0 Å². The van der Waals surface area contributed by atoms with Crippen LogP contribution in [-0.2, 0) is 38.0 Å². The van der Waals surface area contributed by atoms with Crippen molar-refractivity contribution in [1.82, 2.24) is 5.32 Å². The molecule has 0 aromatic heterocycles. The summed E-state index contributed by atoms with van der Waals surface area (Å²) in [5.41, 5.74) is 0.344. The van der Waals surface area contributed by atoms with E-state index >= 15 is 9.18 Å². The first kappa shape index (κ1) is 29.9. The number of likely N-dealkylation sites (N-methyl/N-ethyl adjacent to an activating group) is 2. The van der Waals surface area contributed by atoms with Crippen LogP contribution in [-0.4, -0.2) is 76.9 Å². The Morgan fingerprint density at radius 2 is 1.77 bits per heavy atom. The Bertz CT molecular complexity index is 1800. The number of benzene rings is 3. The number of hydrogen-bond acceptors (Lipinski definition) is 7. The Hall–Kier alpha value is -4.16. The van der Waals surface area contributed by atoms with E-state index in [-0.39, 0.29) is 40.6 Å². The maximum absolute atomic E-state index is 15.6. The van der Waals surface area contributed by atoms with Gasteiger partial charge in [0.1, 0.15) is 28.7 Å². The normalized spacial score (nSPS) is 25.9. The largest absolute Gasteiger partial charge is 0.507 e. The minimum atomic E-state index is -4.67. The van der Waals surface area contributed by atoms with Crippen LogP contribution in [0.4, 0.5) is 10.1 Å². The molecule has 0 radical (unpaired) electrons. The summed E-state index contributed by atoms with van der Waals surface area (Å²) in [6.07, 6.45) is 0.593. The minimum absolute atomic E-state index is 0.0338. The van der Waals surface area contributed by atoms with Gasteiger partial charge in [0.15, 0.2) is 12.2 Å². The van der Waals surface area contributed by atoms with Crippen molar-refractivity contribution in [3.63, 3.8) is 0 Å². The minimum Gasteiger partial charge on any atom is -0.507 e. The number of carbonyl (C=O) groups excluding carboxylic acids is 2. The van der Waals surface area contributed by atoms with Crippen LogP contribution in [0.3, 0.4) is 0 Å². The average Bonchev–Trinajstić information content (AvgIpc) is 3.67. The monoisotopic (exact) mass is 624 g/mol. The van der Waals surface area contributed by atoms with E-state index in [0.29, 0.717) is 24.2 Å². The van der Waals surface area contributed by atoms with E-state index in [4.69, 9.17) is 9.47 Å². The molecule has 232 valence electrons. The van der Waals surface area contributed by atoms with E-state index in [0.717, 1.165) is 21.9 Å². The topological polar surface area (TPSA) is 122 Å². The molecule has 2 heterocycles. The highest BCUT2D eigenvalue weighted by atomic mass is 32.2. The van der Waals surface area contributed by atoms with Crippen molar-refractivity contribution >= 4 is 27.5 Å². The molecule has 3 aliphatic rings. The van der Waals surface area contributed by atoms with Gasteiger partial charge in [-0.05, 0) is 66.8 Å². The average molecular weight is 625 g/mol. The zero-order chi connectivity index (χ0) is 31.6. The standard InChI is InChI=1S/C32H34FN3O7S/c1-34-30(38)26-16-21(33)18-36(26,2)32(23-10-5-6-11-27(23)37)24-14-19-8-7-9-20(19)15-25(24)35(31(32)39)44(40,41)29-13-12-22(42-3)17-28(29)43-4/h5-6,10-15,17,21,26H,7-9,16,18H2,1-4H3,(H-,34,37,38)/p+1/t21-,26+,32?,36?/m1/s1. The summed E-state index contributed by atoms with van der Waals surface area (Å²) < 4.78 is 55.9. The molecular weight excluding hydrogens is 589 g/mol. The summed E-state index contributed by atoms with van der Waals surface area (Å²) >= 11 is 0. The van der Waals surface area contributed by atoms with Gasteiger partial charge in [-0.25, -0.2) is 12.8 Å². The fraction of sp³-hybridized carbons (Fsp3) is 0.375. The van der Waals surface area contributed by atoms with Crippen LogP contribution in [0, 0.1) is 0 Å². The molecule has 12 heteroatoms. The molecular formula is C32H35FN3O7S+. The third kappa shape index (κ3) is 3.96. The number of rotatable bonds is 7. The van der Waals surface area contributed by atoms with Crippen LogP contribution in [0.15, 0.2) is 59.5 Å². The molecule has 2 unspecified atom stereocenters. The van der Waals surface area contributed by atoms with Crippen molar-refractivity contribution in [2.75, 3.05) is 39.2 Å². The number of anilines is 1. The summed E-state index contributed by atoms with van der Waals surface area (Å²) in [6, 6.07) is 12.8. The molecule has 0 spiro atoms. The van der Waals surface area contributed by atoms with E-state index < -0.39 is 44.1 Å². The van der Waals surface area contributed by atoms with E-state index in [9.17, 15) is 18.3 Å². The molecule has 44 heavy (non-hydrogen) atoms. The zero-order valence-electron chi connectivity index (χ0n) is 25.0. The number of phenols is 1. The van der Waals surface area contributed by atoms with E-state index in [1.807, 2.05) is 6.07 Å². The SMILES string of the molecule is CNC(=O)[C@@H]1C[C@@H](F)C[N+]1(C)C1(c2ccccc2O)C(=O)N(S(=O)(=O)c2ccc(OC)cc2OC)c2cc3c(cc21)CCC3. The van der Waals surface area contributed by atoms with Crippen LogP contribution in [0.1, 0.15) is 35.1 Å². The van der Waals surface area contributed by atoms with Crippen molar-refractivity contribution in [3.8, 4) is 17.2 Å². The summed E-state index contributed by atoms with van der Waals surface area (Å²) in [7, 11) is 1.12. The Morgan fingerprint density at radius 1 is 1.07 bits per heavy atom. The third-order valence-electron chi connectivity index (χ3n) is 9.56. The van der Waals surface area contributed by atoms with E-state index in [1.54, 1.807) is 31.3 Å². The second kappa shape index (κ2) is 10.5. The van der Waals surface area contributed by atoms with Crippen molar-refractivity contribution in [2.45, 2.75) is 48.3 Å². The number of ether oxygens (including phenoxy) is 2. The number of sulfonamides is 1. The molecule has 10 nitrogen and oxygen atoms in total. The lowest BCUT2D eigenvalue weighted by Gasteiger charge is -2.48. The van der Waals surface area contributed by atoms with Crippen LogP contribution in [0.5, 0.6) is 17.2 Å². The number of methoxy groups -OCH3 is 2. The number of aryl methyl sites for hydroxylation is 2. The quantitative estimate of drug-likeness (QED) is 0.388. The molecule has 6 rings (SSSR count). The lowest BCUT2D eigenvalue weighted by atomic mass is 9.78. The summed E-state index contributed by atoms with van der Waals surface area (Å²) in [4.78, 5) is 28.5. The molecule has 2 amide bonds. The highest BCUT2D eigenvalue weighted by molar-refractivity contribution is 7.93. The molecule has 2 N–H and O–H groups in total. The fourth-order valence-corrected chi connectivity index (χ4v) is 9.16. The van der Waals surface area contributed by atoms with Gasteiger partial charge in [0.2, 0.25) is 5.54 Å². The third-order valence-corrected chi connectivity index (χ3v) is 11.3. The number of aromatic hydroxyl groups is 1. The van der Waals surface area contributed by atoms with Gasteiger partial charge in [-0.1, -0.05) is 12.1 Å². The van der Waals surface area contributed by atoms with Crippen LogP contribution in [0.2, 0.25) is 0 Å². The number of halogens is 1. The zero-order valence-corrected chi connectivity index (χ0v) is 25.8. The number of carbonyl (C=O) groups is 2. The van der Waals surface area contributed by atoms with Gasteiger partial charge in [0.25, 0.3) is 15.9 Å². The second-order valence-corrected chi connectivity index (χ2v) is 13.5. The number of nitrogens with one attached hydrogen (secondary N) is 1. The highest BCUT2D eigenvalue weighted by Gasteiger charge is 2.72. The van der Waals surface area contributed by atoms with Crippen LogP contribution in [0.25, 0.3) is 0 Å². The molecule has 1 fully saturated rings. The Morgan fingerprint density at radius 3 is 2.43 bits per heavy atom. The number of alkyl halides is 1. The molecule has 4 atom stereocenters. The van der Waals surface area contributed by atoms with Crippen LogP contribution < -0.4 is 19.1 Å². The van der Waals surface area contributed by atoms with Gasteiger partial charge in [0.05, 0.1) is 38.1 Å². The Kier molecular flexibility index (Phi) is 7.12. The molecule has 1 aliphatic carbocycles. The summed E-state index contributed by atoms with van der Waals surface area (Å²) in [5, 5.41) is 14.0. The van der Waals surface area contributed by atoms with Crippen molar-refractivity contribution in [1.29, 1.82) is 0 Å². The maximum Gasteiger partial charge on any atom is 0.312 e. The number of likely N-dealkylation sites (tertiary alicyclic amines) is 1. The lowest BCUT2D eigenvalue weighted by Crippen LogP contribution is -2.69. The van der Waals surface area contributed by atoms with Crippen molar-refractivity contribution < 1.29 is 41.5 Å². The first-order valence-electron chi connectivity index (χ1n) is 14.4. The van der Waals surface area contributed by atoms with Gasteiger partial charge in [-0.2, -0.15) is 4.31 Å². The molecule has 3 aromatic carbocycles. The van der Waals surface area contributed by atoms with Gasteiger partial charge < -0.3 is 19.9 Å². The van der Waals surface area contributed by atoms with Gasteiger partial charge in [-0.3, -0.25) is 14.1 Å². The first-order valence-corrected chi connectivity index (χ1v) is 15.9. The summed E-state index contributed by atoms with van der Waals surface area (Å²) in [5.74, 6) is -1.36. The lowest BCUT2D eigenvalue weighted by molar-refractivity contribution is -0.953. The predicted molar refractivity (Wildman–Crippen MR) is 160 cm³/mol. The number of amides is 2. The number of para-hydroxylation sites is 1. The summed E-state index contributed by atoms with van der Waals surface area (Å²) in [6.45, 7) is -0.269. The van der Waals surface area contributed by atoms with Crippen LogP contribution >= 0.6 is 0 Å². The van der Waals surface area contributed by atoms with E-state index in [2.05, 4.69) is 5.32 Å². The molecule has 3 aromatic rings. The molecule has 0 bridgehead atoms. The molecule has 2 aliphatic heterocycles. The predicted octanol–water partition coefficient (Wildman–Crippen LogP) is 3.18. The molecule has 1 saturated heterocycles. The second-order valence-electron chi connectivity index (χ2n) is 11.7. The fourth-order valence-electron chi connectivity index (χ4n) is 7.57. The highest BCUT2D eigenvalue weighted by Crippen LogP contribution is 2.58.